The fraction of sp³-hybridized carbons (Fsp3) is 0.316. The van der Waals surface area contributed by atoms with Gasteiger partial charge in [0.05, 0.1) is 12.3 Å². The van der Waals surface area contributed by atoms with Crippen molar-refractivity contribution in [2.24, 2.45) is 0 Å². The molecule has 0 spiro atoms. The highest BCUT2D eigenvalue weighted by Crippen LogP contribution is 2.29. The third kappa shape index (κ3) is 3.73. The van der Waals surface area contributed by atoms with Crippen LogP contribution >= 0.6 is 15.9 Å². The van der Waals surface area contributed by atoms with Crippen LogP contribution < -0.4 is 9.64 Å². The van der Waals surface area contributed by atoms with Crippen molar-refractivity contribution in [3.05, 3.63) is 58.6 Å². The molecule has 0 N–H and O–H groups in total. The maximum Gasteiger partial charge on any atom is 0.253 e. The molecule has 126 valence electrons. The number of benzene rings is 2. The van der Waals surface area contributed by atoms with Crippen molar-refractivity contribution in [2.45, 2.75) is 6.92 Å². The van der Waals surface area contributed by atoms with Gasteiger partial charge in [-0.2, -0.15) is 0 Å². The Morgan fingerprint density at radius 3 is 2.38 bits per heavy atom. The first-order valence-electron chi connectivity index (χ1n) is 8.20. The van der Waals surface area contributed by atoms with Gasteiger partial charge in [-0.15, -0.1) is 0 Å². The number of nitrogens with zero attached hydrogens (tertiary/aromatic N) is 2. The Kier molecular flexibility index (Phi) is 5.41. The number of para-hydroxylation sites is 2. The SMILES string of the molecule is CCOc1ccccc1N1CCN(C(=O)c2ccc(Br)cc2)CC1. The highest BCUT2D eigenvalue weighted by atomic mass is 79.9. The molecule has 4 nitrogen and oxygen atoms in total. The molecule has 1 saturated heterocycles. The molecule has 24 heavy (non-hydrogen) atoms. The minimum absolute atomic E-state index is 0.0974. The number of carbonyl (C=O) groups excluding carboxylic acids is 1. The van der Waals surface area contributed by atoms with E-state index >= 15 is 0 Å². The Bertz CT molecular complexity index is 695. The summed E-state index contributed by atoms with van der Waals surface area (Å²) < 4.78 is 6.70. The first-order valence-corrected chi connectivity index (χ1v) is 9.00. The molecule has 3 rings (SSSR count). The number of carbonyl (C=O) groups is 1. The van der Waals surface area contributed by atoms with Gasteiger partial charge in [-0.3, -0.25) is 4.79 Å². The van der Waals surface area contributed by atoms with E-state index in [-0.39, 0.29) is 5.91 Å². The average Bonchev–Trinajstić information content (AvgIpc) is 2.63. The normalized spacial score (nSPS) is 14.6. The molecule has 1 heterocycles. The number of hydrogen-bond acceptors (Lipinski definition) is 3. The van der Waals surface area contributed by atoms with Crippen molar-refractivity contribution in [1.29, 1.82) is 0 Å². The van der Waals surface area contributed by atoms with Crippen molar-refractivity contribution in [3.8, 4) is 5.75 Å². The summed E-state index contributed by atoms with van der Waals surface area (Å²) in [4.78, 5) is 16.8. The Morgan fingerprint density at radius 2 is 1.71 bits per heavy atom. The molecule has 2 aromatic rings. The van der Waals surface area contributed by atoms with Gasteiger partial charge in [0.1, 0.15) is 5.75 Å². The second kappa shape index (κ2) is 7.71. The number of hydrogen-bond donors (Lipinski definition) is 0. The van der Waals surface area contributed by atoms with Crippen LogP contribution in [0.3, 0.4) is 0 Å². The largest absolute Gasteiger partial charge is 0.492 e. The van der Waals surface area contributed by atoms with E-state index in [0.29, 0.717) is 6.61 Å². The molecule has 0 aliphatic carbocycles. The van der Waals surface area contributed by atoms with Crippen LogP contribution in [0.15, 0.2) is 53.0 Å². The Morgan fingerprint density at radius 1 is 1.04 bits per heavy atom. The lowest BCUT2D eigenvalue weighted by Gasteiger charge is -2.36. The lowest BCUT2D eigenvalue weighted by atomic mass is 10.1. The number of anilines is 1. The molecule has 0 radical (unpaired) electrons. The monoisotopic (exact) mass is 388 g/mol. The Labute approximate surface area is 151 Å². The van der Waals surface area contributed by atoms with Gasteiger partial charge in [0, 0.05) is 36.2 Å². The highest BCUT2D eigenvalue weighted by molar-refractivity contribution is 9.10. The number of ether oxygens (including phenoxy) is 1. The van der Waals surface area contributed by atoms with Gasteiger partial charge in [-0.1, -0.05) is 28.1 Å². The molecule has 1 aliphatic rings. The lowest BCUT2D eigenvalue weighted by molar-refractivity contribution is 0.0746. The first-order chi connectivity index (χ1) is 11.7. The molecular weight excluding hydrogens is 368 g/mol. The van der Waals surface area contributed by atoms with E-state index in [1.807, 2.05) is 54.3 Å². The summed E-state index contributed by atoms with van der Waals surface area (Å²) in [5.41, 5.74) is 1.84. The van der Waals surface area contributed by atoms with Crippen molar-refractivity contribution >= 4 is 27.5 Å². The fourth-order valence-electron chi connectivity index (χ4n) is 2.92. The van der Waals surface area contributed by atoms with Gasteiger partial charge < -0.3 is 14.5 Å². The van der Waals surface area contributed by atoms with Crippen LogP contribution in [-0.4, -0.2) is 43.6 Å². The molecule has 0 bridgehead atoms. The second-order valence-corrected chi connectivity index (χ2v) is 6.60. The van der Waals surface area contributed by atoms with Crippen LogP contribution in [0.4, 0.5) is 5.69 Å². The molecule has 0 aromatic heterocycles. The predicted octanol–water partition coefficient (Wildman–Crippen LogP) is 3.81. The summed E-state index contributed by atoms with van der Waals surface area (Å²) in [5.74, 6) is 1.01. The standard InChI is InChI=1S/C19H21BrN2O2/c1-2-24-18-6-4-3-5-17(18)21-11-13-22(14-12-21)19(23)15-7-9-16(20)10-8-15/h3-10H,2,11-14H2,1H3. The van der Waals surface area contributed by atoms with Crippen LogP contribution in [0.2, 0.25) is 0 Å². The third-order valence-electron chi connectivity index (χ3n) is 4.16. The number of piperazine rings is 1. The summed E-state index contributed by atoms with van der Waals surface area (Å²) in [6.45, 7) is 5.70. The minimum atomic E-state index is 0.0974. The molecule has 1 fully saturated rings. The maximum absolute atomic E-state index is 12.6. The lowest BCUT2D eigenvalue weighted by Crippen LogP contribution is -2.48. The quantitative estimate of drug-likeness (QED) is 0.797. The second-order valence-electron chi connectivity index (χ2n) is 5.69. The smallest absolute Gasteiger partial charge is 0.253 e. The molecular formula is C19H21BrN2O2. The van der Waals surface area contributed by atoms with Crippen LogP contribution in [0.1, 0.15) is 17.3 Å². The summed E-state index contributed by atoms with van der Waals surface area (Å²) >= 11 is 3.40. The van der Waals surface area contributed by atoms with Gasteiger partial charge in [-0.25, -0.2) is 0 Å². The predicted molar refractivity (Wildman–Crippen MR) is 99.9 cm³/mol. The number of amides is 1. The van der Waals surface area contributed by atoms with Crippen LogP contribution in [0, 0.1) is 0 Å². The molecule has 1 aliphatic heterocycles. The van der Waals surface area contributed by atoms with Crippen LogP contribution in [0.25, 0.3) is 0 Å². The zero-order chi connectivity index (χ0) is 16.9. The van der Waals surface area contributed by atoms with E-state index < -0.39 is 0 Å². The molecule has 5 heteroatoms. The first kappa shape index (κ1) is 16.8. The molecule has 1 amide bonds. The van der Waals surface area contributed by atoms with E-state index in [2.05, 4.69) is 26.9 Å². The van der Waals surface area contributed by atoms with E-state index in [0.717, 1.165) is 47.7 Å². The molecule has 0 saturated carbocycles. The summed E-state index contributed by atoms with van der Waals surface area (Å²) in [5, 5.41) is 0. The highest BCUT2D eigenvalue weighted by Gasteiger charge is 2.23. The van der Waals surface area contributed by atoms with Gasteiger partial charge >= 0.3 is 0 Å². The Balaban J connectivity index is 1.65. The molecule has 0 atom stereocenters. The van der Waals surface area contributed by atoms with Gasteiger partial charge in [-0.05, 0) is 43.3 Å². The maximum atomic E-state index is 12.6. The summed E-state index contributed by atoms with van der Waals surface area (Å²) in [6, 6.07) is 15.6. The Hall–Kier alpha value is -2.01. The summed E-state index contributed by atoms with van der Waals surface area (Å²) in [7, 11) is 0. The number of rotatable bonds is 4. The van der Waals surface area contributed by atoms with Crippen molar-refractivity contribution in [2.75, 3.05) is 37.7 Å². The van der Waals surface area contributed by atoms with Gasteiger partial charge in [0.2, 0.25) is 0 Å². The average molecular weight is 389 g/mol. The van der Waals surface area contributed by atoms with Gasteiger partial charge in [0.25, 0.3) is 5.91 Å². The molecule has 0 unspecified atom stereocenters. The third-order valence-corrected chi connectivity index (χ3v) is 4.69. The van der Waals surface area contributed by atoms with E-state index in [9.17, 15) is 4.79 Å². The topological polar surface area (TPSA) is 32.8 Å². The van der Waals surface area contributed by atoms with Crippen LogP contribution in [0.5, 0.6) is 5.75 Å². The van der Waals surface area contributed by atoms with Gasteiger partial charge in [0.15, 0.2) is 0 Å². The van der Waals surface area contributed by atoms with Crippen molar-refractivity contribution in [3.63, 3.8) is 0 Å². The van der Waals surface area contributed by atoms with Crippen molar-refractivity contribution < 1.29 is 9.53 Å². The van der Waals surface area contributed by atoms with E-state index in [1.165, 1.54) is 0 Å². The molecule has 2 aromatic carbocycles. The van der Waals surface area contributed by atoms with E-state index in [4.69, 9.17) is 4.74 Å². The van der Waals surface area contributed by atoms with Crippen LogP contribution in [-0.2, 0) is 0 Å². The van der Waals surface area contributed by atoms with E-state index in [1.54, 1.807) is 0 Å². The number of halogens is 1. The zero-order valence-electron chi connectivity index (χ0n) is 13.7. The minimum Gasteiger partial charge on any atom is -0.492 e. The van der Waals surface area contributed by atoms with Crippen molar-refractivity contribution in [1.82, 2.24) is 4.90 Å². The summed E-state index contributed by atoms with van der Waals surface area (Å²) in [6.07, 6.45) is 0. The zero-order valence-corrected chi connectivity index (χ0v) is 15.3. The fourth-order valence-corrected chi connectivity index (χ4v) is 3.19.